The van der Waals surface area contributed by atoms with Crippen LogP contribution in [-0.2, 0) is 9.84 Å². The lowest BCUT2D eigenvalue weighted by molar-refractivity contribution is 0.591. The third-order valence-electron chi connectivity index (χ3n) is 3.31. The largest absolute Gasteiger partial charge is 0.327 e. The Morgan fingerprint density at radius 1 is 1.38 bits per heavy atom. The van der Waals surface area contributed by atoms with E-state index in [0.717, 1.165) is 12.8 Å². The van der Waals surface area contributed by atoms with Gasteiger partial charge in [0.2, 0.25) is 0 Å². The molecule has 0 aliphatic heterocycles. The van der Waals surface area contributed by atoms with E-state index in [4.69, 9.17) is 5.73 Å². The quantitative estimate of drug-likeness (QED) is 0.797. The van der Waals surface area contributed by atoms with Gasteiger partial charge < -0.3 is 10.3 Å². The average Bonchev–Trinajstić information content (AvgIpc) is 2.85. The van der Waals surface area contributed by atoms with Gasteiger partial charge in [-0.1, -0.05) is 25.8 Å². The summed E-state index contributed by atoms with van der Waals surface area (Å²) in [5.74, 6) is 0.176. The van der Waals surface area contributed by atoms with Crippen LogP contribution in [0.3, 0.4) is 0 Å². The normalized spacial score (nSPS) is 12.5. The molecule has 0 amide bonds. The summed E-state index contributed by atoms with van der Waals surface area (Å²) < 4.78 is 26.8. The molecule has 0 saturated carbocycles. The second-order valence-corrected chi connectivity index (χ2v) is 7.00. The topological polar surface area (TPSA) is 78.0 Å². The third-order valence-corrected chi connectivity index (χ3v) is 5.13. The fourth-order valence-corrected chi connectivity index (χ4v) is 3.81. The van der Waals surface area contributed by atoms with Crippen molar-refractivity contribution in [2.75, 3.05) is 12.3 Å². The molecule has 6 heteroatoms. The molecule has 2 N–H and O–H groups in total. The molecule has 2 heterocycles. The highest BCUT2D eigenvalue weighted by molar-refractivity contribution is 7.91. The number of hydrogen-bond donors (Lipinski definition) is 1. The highest BCUT2D eigenvalue weighted by Gasteiger charge is 2.20. The summed E-state index contributed by atoms with van der Waals surface area (Å²) in [6.07, 6.45) is 9.40. The predicted molar refractivity (Wildman–Crippen MR) is 85.7 cm³/mol. The molecule has 0 aliphatic carbocycles. The van der Waals surface area contributed by atoms with Crippen LogP contribution in [-0.4, -0.2) is 30.3 Å². The first kappa shape index (κ1) is 15.7. The number of fused-ring (bicyclic) bond motifs is 1. The van der Waals surface area contributed by atoms with Crippen molar-refractivity contribution >= 4 is 27.1 Å². The molecule has 2 aromatic rings. The van der Waals surface area contributed by atoms with E-state index >= 15 is 0 Å². The number of rotatable bonds is 7. The van der Waals surface area contributed by atoms with Crippen LogP contribution in [0, 0.1) is 0 Å². The van der Waals surface area contributed by atoms with Gasteiger partial charge in [0, 0.05) is 30.5 Å². The summed E-state index contributed by atoms with van der Waals surface area (Å²) in [5.41, 5.74) is 6.09. The Hall–Kier alpha value is -1.66. The minimum Gasteiger partial charge on any atom is -0.327 e. The van der Waals surface area contributed by atoms with Crippen LogP contribution >= 0.6 is 0 Å². The van der Waals surface area contributed by atoms with Crippen molar-refractivity contribution in [3.05, 3.63) is 30.6 Å². The van der Waals surface area contributed by atoms with E-state index in [0.29, 0.717) is 28.9 Å². The van der Waals surface area contributed by atoms with E-state index in [1.165, 1.54) is 0 Å². The molecular weight excluding hydrogens is 286 g/mol. The number of nitrogens with two attached hydrogens (primary N) is 1. The summed E-state index contributed by atoms with van der Waals surface area (Å²) in [5, 5.41) is 0.663. The zero-order valence-electron chi connectivity index (χ0n) is 12.2. The lowest BCUT2D eigenvalue weighted by Gasteiger charge is -2.01. The van der Waals surface area contributed by atoms with Gasteiger partial charge in [-0.3, -0.25) is 0 Å². The Balaban J connectivity index is 2.46. The Morgan fingerprint density at radius 3 is 2.90 bits per heavy atom. The summed E-state index contributed by atoms with van der Waals surface area (Å²) in [6.45, 7) is 2.45. The zero-order valence-corrected chi connectivity index (χ0v) is 13.0. The average molecular weight is 307 g/mol. The van der Waals surface area contributed by atoms with Crippen LogP contribution < -0.4 is 5.73 Å². The zero-order chi connectivity index (χ0) is 15.3. The van der Waals surface area contributed by atoms with E-state index < -0.39 is 9.84 Å². The van der Waals surface area contributed by atoms with Gasteiger partial charge in [0.1, 0.15) is 5.65 Å². The van der Waals surface area contributed by atoms with E-state index in [1.54, 1.807) is 41.4 Å². The molecule has 114 valence electrons. The SMILES string of the molecule is CCCCCS(=O)(=O)c1cn(C=CCN)c2ncccc12. The molecule has 0 unspecified atom stereocenters. The smallest absolute Gasteiger partial charge is 0.180 e. The van der Waals surface area contributed by atoms with Crippen molar-refractivity contribution in [2.24, 2.45) is 5.73 Å². The lowest BCUT2D eigenvalue weighted by atomic mass is 10.3. The second kappa shape index (κ2) is 6.87. The van der Waals surface area contributed by atoms with Gasteiger partial charge in [-0.2, -0.15) is 0 Å². The number of pyridine rings is 1. The highest BCUT2D eigenvalue weighted by Crippen LogP contribution is 2.25. The first-order valence-electron chi connectivity index (χ1n) is 7.15. The third kappa shape index (κ3) is 3.51. The van der Waals surface area contributed by atoms with E-state index in [2.05, 4.69) is 11.9 Å². The maximum Gasteiger partial charge on any atom is 0.180 e. The monoisotopic (exact) mass is 307 g/mol. The van der Waals surface area contributed by atoms with E-state index in [9.17, 15) is 8.42 Å². The van der Waals surface area contributed by atoms with Crippen LogP contribution in [0.2, 0.25) is 0 Å². The molecule has 0 bridgehead atoms. The Labute approximate surface area is 125 Å². The Kier molecular flexibility index (Phi) is 5.14. The van der Waals surface area contributed by atoms with Gasteiger partial charge >= 0.3 is 0 Å². The number of aromatic nitrogens is 2. The fourth-order valence-electron chi connectivity index (χ4n) is 2.24. The summed E-state index contributed by atoms with van der Waals surface area (Å²) in [4.78, 5) is 4.62. The number of hydrogen-bond acceptors (Lipinski definition) is 4. The molecule has 0 atom stereocenters. The molecule has 0 spiro atoms. The van der Waals surface area contributed by atoms with Crippen LogP contribution in [0.1, 0.15) is 26.2 Å². The summed E-state index contributed by atoms with van der Waals surface area (Å²) in [6, 6.07) is 3.55. The van der Waals surface area contributed by atoms with Crippen molar-refractivity contribution in [3.63, 3.8) is 0 Å². The van der Waals surface area contributed by atoms with Gasteiger partial charge in [0.05, 0.1) is 10.6 Å². The van der Waals surface area contributed by atoms with Gasteiger partial charge in [-0.15, -0.1) is 0 Å². The molecule has 0 aliphatic rings. The molecule has 21 heavy (non-hydrogen) atoms. The van der Waals surface area contributed by atoms with Crippen molar-refractivity contribution in [2.45, 2.75) is 31.1 Å². The van der Waals surface area contributed by atoms with E-state index in [-0.39, 0.29) is 5.75 Å². The maximum absolute atomic E-state index is 12.5. The van der Waals surface area contributed by atoms with Crippen molar-refractivity contribution < 1.29 is 8.42 Å². The van der Waals surface area contributed by atoms with Crippen molar-refractivity contribution in [1.82, 2.24) is 9.55 Å². The number of unbranched alkanes of at least 4 members (excludes halogenated alkanes) is 2. The van der Waals surface area contributed by atoms with E-state index in [1.807, 2.05) is 0 Å². The Morgan fingerprint density at radius 2 is 2.19 bits per heavy atom. The second-order valence-electron chi connectivity index (χ2n) is 4.92. The fraction of sp³-hybridized carbons (Fsp3) is 0.400. The minimum atomic E-state index is -3.29. The molecule has 5 nitrogen and oxygen atoms in total. The summed E-state index contributed by atoms with van der Waals surface area (Å²) >= 11 is 0. The number of sulfone groups is 1. The molecule has 0 radical (unpaired) electrons. The standard InChI is InChI=1S/C15H21N3O2S/c1-2-3-4-11-21(19,20)14-12-18(10-6-8-16)15-13(14)7-5-9-17-15/h5-7,9-10,12H,2-4,8,11,16H2,1H3. The molecule has 0 saturated heterocycles. The molecule has 2 aromatic heterocycles. The van der Waals surface area contributed by atoms with Crippen molar-refractivity contribution in [3.8, 4) is 0 Å². The Bertz CT molecular complexity index is 732. The van der Waals surface area contributed by atoms with Crippen LogP contribution in [0.25, 0.3) is 17.2 Å². The number of nitrogens with zero attached hydrogens (tertiary/aromatic N) is 2. The van der Waals surface area contributed by atoms with Crippen LogP contribution in [0.5, 0.6) is 0 Å². The highest BCUT2D eigenvalue weighted by atomic mass is 32.2. The molecular formula is C15H21N3O2S. The molecule has 0 aromatic carbocycles. The van der Waals surface area contributed by atoms with Crippen molar-refractivity contribution in [1.29, 1.82) is 0 Å². The first-order chi connectivity index (χ1) is 10.1. The van der Waals surface area contributed by atoms with Crippen LogP contribution in [0.15, 0.2) is 35.5 Å². The van der Waals surface area contributed by atoms with Gasteiger partial charge in [0.15, 0.2) is 9.84 Å². The summed E-state index contributed by atoms with van der Waals surface area (Å²) in [7, 11) is -3.29. The minimum absolute atomic E-state index is 0.176. The lowest BCUT2D eigenvalue weighted by Crippen LogP contribution is -2.06. The van der Waals surface area contributed by atoms with Gasteiger partial charge in [-0.05, 0) is 18.6 Å². The van der Waals surface area contributed by atoms with Gasteiger partial charge in [-0.25, -0.2) is 13.4 Å². The van der Waals surface area contributed by atoms with Gasteiger partial charge in [0.25, 0.3) is 0 Å². The maximum atomic E-state index is 12.5. The molecule has 0 fully saturated rings. The first-order valence-corrected chi connectivity index (χ1v) is 8.80. The predicted octanol–water partition coefficient (Wildman–Crippen LogP) is 2.43. The molecule has 2 rings (SSSR count). The van der Waals surface area contributed by atoms with Crippen LogP contribution in [0.4, 0.5) is 0 Å².